The van der Waals surface area contributed by atoms with E-state index in [1.54, 1.807) is 36.0 Å². The number of benzene rings is 2. The molecule has 0 N–H and O–H groups in total. The zero-order chi connectivity index (χ0) is 24.0. The first-order valence-corrected chi connectivity index (χ1v) is 13.6. The highest BCUT2D eigenvalue weighted by molar-refractivity contribution is 8.02. The van der Waals surface area contributed by atoms with Crippen LogP contribution in [0.5, 0.6) is 11.5 Å². The number of esters is 1. The quantitative estimate of drug-likeness (QED) is 0.157. The monoisotopic (exact) mass is 482 g/mol. The van der Waals surface area contributed by atoms with Crippen molar-refractivity contribution in [3.63, 3.8) is 0 Å². The van der Waals surface area contributed by atoms with Crippen molar-refractivity contribution in [2.45, 2.75) is 57.8 Å². The molecule has 0 radical (unpaired) electrons. The van der Waals surface area contributed by atoms with Gasteiger partial charge in [0, 0.05) is 18.8 Å². The summed E-state index contributed by atoms with van der Waals surface area (Å²) in [5, 5.41) is 1.82. The Morgan fingerprint density at radius 1 is 0.971 bits per heavy atom. The molecule has 1 aliphatic carbocycles. The van der Waals surface area contributed by atoms with Gasteiger partial charge in [-0.2, -0.15) is 0 Å². The SMILES string of the molecule is C=CSCCOCCCOc1ccc(C(=O)Oc2ccc(C3CCC(CCC)CC3)cc2)cc1. The maximum atomic E-state index is 12.5. The van der Waals surface area contributed by atoms with Crippen LogP contribution in [0.1, 0.15) is 73.7 Å². The Morgan fingerprint density at radius 3 is 2.35 bits per heavy atom. The summed E-state index contributed by atoms with van der Waals surface area (Å²) in [5.41, 5.74) is 1.87. The van der Waals surface area contributed by atoms with Crippen LogP contribution in [0.15, 0.2) is 60.5 Å². The van der Waals surface area contributed by atoms with Gasteiger partial charge >= 0.3 is 5.97 Å². The van der Waals surface area contributed by atoms with Crippen molar-refractivity contribution in [3.05, 3.63) is 71.6 Å². The lowest BCUT2D eigenvalue weighted by molar-refractivity contribution is 0.0734. The molecule has 0 amide bonds. The van der Waals surface area contributed by atoms with Crippen molar-refractivity contribution in [1.29, 1.82) is 0 Å². The van der Waals surface area contributed by atoms with Crippen LogP contribution in [0.2, 0.25) is 0 Å². The zero-order valence-corrected chi connectivity index (χ0v) is 21.2. The minimum atomic E-state index is -0.356. The van der Waals surface area contributed by atoms with E-state index in [0.717, 1.165) is 30.4 Å². The Hall–Kier alpha value is -2.24. The smallest absolute Gasteiger partial charge is 0.343 e. The predicted octanol–water partition coefficient (Wildman–Crippen LogP) is 7.64. The van der Waals surface area contributed by atoms with Crippen molar-refractivity contribution in [3.8, 4) is 11.5 Å². The maximum Gasteiger partial charge on any atom is 0.343 e. The van der Waals surface area contributed by atoms with Gasteiger partial charge in [-0.05, 0) is 84.9 Å². The second-order valence-corrected chi connectivity index (χ2v) is 9.92. The van der Waals surface area contributed by atoms with E-state index in [1.165, 1.54) is 44.1 Å². The molecule has 1 saturated carbocycles. The minimum absolute atomic E-state index is 0.356. The average Bonchev–Trinajstić information content (AvgIpc) is 2.87. The number of ether oxygens (including phenoxy) is 3. The van der Waals surface area contributed by atoms with E-state index in [4.69, 9.17) is 14.2 Å². The summed E-state index contributed by atoms with van der Waals surface area (Å²) in [6.45, 7) is 7.90. The molecule has 0 aliphatic heterocycles. The highest BCUT2D eigenvalue weighted by Crippen LogP contribution is 2.37. The number of thioether (sulfide) groups is 1. The predicted molar refractivity (Wildman–Crippen MR) is 141 cm³/mol. The lowest BCUT2D eigenvalue weighted by Crippen LogP contribution is -2.13. The van der Waals surface area contributed by atoms with E-state index >= 15 is 0 Å². The normalized spacial score (nSPS) is 17.8. The van der Waals surface area contributed by atoms with Gasteiger partial charge in [0.15, 0.2) is 0 Å². The molecule has 0 unspecified atom stereocenters. The summed E-state index contributed by atoms with van der Waals surface area (Å²) in [4.78, 5) is 12.5. The summed E-state index contributed by atoms with van der Waals surface area (Å²) < 4.78 is 16.8. The van der Waals surface area contributed by atoms with Crippen molar-refractivity contribution in [2.75, 3.05) is 25.6 Å². The van der Waals surface area contributed by atoms with Gasteiger partial charge in [-0.25, -0.2) is 4.79 Å². The molecule has 0 bridgehead atoms. The number of carbonyl (C=O) groups is 1. The highest BCUT2D eigenvalue weighted by Gasteiger charge is 2.21. The highest BCUT2D eigenvalue weighted by atomic mass is 32.2. The van der Waals surface area contributed by atoms with Crippen molar-refractivity contribution >= 4 is 17.7 Å². The van der Waals surface area contributed by atoms with E-state index < -0.39 is 0 Å². The van der Waals surface area contributed by atoms with Gasteiger partial charge in [-0.1, -0.05) is 38.5 Å². The summed E-state index contributed by atoms with van der Waals surface area (Å²) >= 11 is 1.65. The minimum Gasteiger partial charge on any atom is -0.494 e. The summed E-state index contributed by atoms with van der Waals surface area (Å²) in [7, 11) is 0. The van der Waals surface area contributed by atoms with Crippen molar-refractivity contribution < 1.29 is 19.0 Å². The fourth-order valence-corrected chi connectivity index (χ4v) is 4.88. The fourth-order valence-electron chi connectivity index (χ4n) is 4.50. The number of hydrogen-bond donors (Lipinski definition) is 0. The van der Waals surface area contributed by atoms with Crippen molar-refractivity contribution in [2.24, 2.45) is 5.92 Å². The van der Waals surface area contributed by atoms with Crippen molar-refractivity contribution in [1.82, 2.24) is 0 Å². The van der Waals surface area contributed by atoms with Crippen LogP contribution in [-0.4, -0.2) is 31.5 Å². The van der Waals surface area contributed by atoms with Gasteiger partial charge in [0.1, 0.15) is 11.5 Å². The van der Waals surface area contributed by atoms with Crippen LogP contribution in [0.25, 0.3) is 0 Å². The first kappa shape index (κ1) is 26.4. The summed E-state index contributed by atoms with van der Waals surface area (Å²) in [5.74, 6) is 3.42. The molecule has 2 aromatic rings. The largest absolute Gasteiger partial charge is 0.494 e. The van der Waals surface area contributed by atoms with E-state index in [2.05, 4.69) is 25.6 Å². The number of rotatable bonds is 14. The van der Waals surface area contributed by atoms with E-state index in [-0.39, 0.29) is 5.97 Å². The Labute approximate surface area is 209 Å². The lowest BCUT2D eigenvalue weighted by Gasteiger charge is -2.28. The Kier molecular flexibility index (Phi) is 11.6. The van der Waals surface area contributed by atoms with Crippen LogP contribution in [-0.2, 0) is 4.74 Å². The molecule has 5 heteroatoms. The molecule has 184 valence electrons. The molecule has 1 fully saturated rings. The van der Waals surface area contributed by atoms with Crippen LogP contribution >= 0.6 is 11.8 Å². The third-order valence-electron chi connectivity index (χ3n) is 6.36. The lowest BCUT2D eigenvalue weighted by atomic mass is 9.77. The van der Waals surface area contributed by atoms with Crippen LogP contribution < -0.4 is 9.47 Å². The van der Waals surface area contributed by atoms with Gasteiger partial charge in [0.25, 0.3) is 0 Å². The van der Waals surface area contributed by atoms with Gasteiger partial charge in [-0.3, -0.25) is 0 Å². The van der Waals surface area contributed by atoms with Crippen LogP contribution in [0.4, 0.5) is 0 Å². The molecule has 3 rings (SSSR count). The van der Waals surface area contributed by atoms with Crippen LogP contribution in [0, 0.1) is 5.92 Å². The van der Waals surface area contributed by atoms with Gasteiger partial charge < -0.3 is 14.2 Å². The molecule has 4 nitrogen and oxygen atoms in total. The third-order valence-corrected chi connectivity index (χ3v) is 7.00. The third kappa shape index (κ3) is 8.84. The maximum absolute atomic E-state index is 12.5. The molecular formula is C29H38O4S. The second kappa shape index (κ2) is 14.9. The first-order valence-electron chi connectivity index (χ1n) is 12.5. The number of hydrogen-bond acceptors (Lipinski definition) is 5. The van der Waals surface area contributed by atoms with E-state index in [9.17, 15) is 4.79 Å². The summed E-state index contributed by atoms with van der Waals surface area (Å²) in [6.07, 6.45) is 8.66. The van der Waals surface area contributed by atoms with E-state index in [1.807, 2.05) is 17.5 Å². The molecule has 0 atom stereocenters. The molecule has 0 spiro atoms. The molecule has 0 aromatic heterocycles. The molecule has 1 aliphatic rings. The molecule has 0 saturated heterocycles. The molecule has 0 heterocycles. The Bertz CT molecular complexity index is 855. The van der Waals surface area contributed by atoms with Crippen LogP contribution in [0.3, 0.4) is 0 Å². The topological polar surface area (TPSA) is 44.8 Å². The molecule has 34 heavy (non-hydrogen) atoms. The van der Waals surface area contributed by atoms with Gasteiger partial charge in [0.2, 0.25) is 0 Å². The van der Waals surface area contributed by atoms with E-state index in [0.29, 0.717) is 30.4 Å². The first-order chi connectivity index (χ1) is 16.7. The fraction of sp³-hybridized carbons (Fsp3) is 0.483. The summed E-state index contributed by atoms with van der Waals surface area (Å²) in [6, 6.07) is 15.2. The Balaban J connectivity index is 1.38. The molecule has 2 aromatic carbocycles. The van der Waals surface area contributed by atoms with Gasteiger partial charge in [0.05, 0.1) is 18.8 Å². The zero-order valence-electron chi connectivity index (χ0n) is 20.4. The molecular weight excluding hydrogens is 444 g/mol. The average molecular weight is 483 g/mol. The Morgan fingerprint density at radius 2 is 1.68 bits per heavy atom. The second-order valence-electron chi connectivity index (χ2n) is 8.84. The van der Waals surface area contributed by atoms with Gasteiger partial charge in [-0.15, -0.1) is 11.8 Å². The standard InChI is InChI=1S/C29H38O4S/c1-3-6-23-7-9-24(10-8-23)25-11-17-28(18-12-25)33-29(30)26-13-15-27(16-14-26)32-20-5-19-31-21-22-34-4-2/h4,11-18,23-24H,2-3,5-10,19-22H2,1H3. The number of carbonyl (C=O) groups excluding carboxylic acids is 1.